The summed E-state index contributed by atoms with van der Waals surface area (Å²) in [4.78, 5) is 13.0. The van der Waals surface area contributed by atoms with Crippen LogP contribution in [-0.2, 0) is 20.0 Å². The minimum atomic E-state index is 0. The van der Waals surface area contributed by atoms with Gasteiger partial charge in [-0.25, -0.2) is 4.68 Å². The van der Waals surface area contributed by atoms with E-state index in [4.69, 9.17) is 0 Å². The van der Waals surface area contributed by atoms with Crippen molar-refractivity contribution < 1.29 is 1.43 Å². The molecule has 4 nitrogen and oxygen atoms in total. The molecule has 2 heterocycles. The molecule has 0 fully saturated rings. The van der Waals surface area contributed by atoms with Crippen molar-refractivity contribution in [1.29, 1.82) is 0 Å². The van der Waals surface area contributed by atoms with Gasteiger partial charge in [0.1, 0.15) is 0 Å². The zero-order valence-electron chi connectivity index (χ0n) is 16.7. The van der Waals surface area contributed by atoms with Crippen LogP contribution in [0.15, 0.2) is 46.3 Å². The molecule has 0 aliphatic heterocycles. The van der Waals surface area contributed by atoms with Crippen LogP contribution in [0.2, 0.25) is 0 Å². The maximum Gasteiger partial charge on any atom is 0.277 e. The van der Waals surface area contributed by atoms with Crippen LogP contribution in [0.25, 0.3) is 10.8 Å². The fraction of sp³-hybridized carbons (Fsp3) is 0.455. The molecule has 1 aromatic carbocycles. The van der Waals surface area contributed by atoms with Crippen molar-refractivity contribution in [2.45, 2.75) is 51.6 Å². The number of benzene rings is 1. The van der Waals surface area contributed by atoms with Gasteiger partial charge in [0.2, 0.25) is 0 Å². The molecule has 3 rings (SSSR count). The Morgan fingerprint density at radius 1 is 1.22 bits per heavy atom. The van der Waals surface area contributed by atoms with Crippen LogP contribution in [0, 0.1) is 5.92 Å². The molecule has 5 heteroatoms. The van der Waals surface area contributed by atoms with E-state index in [1.54, 1.807) is 18.8 Å². The lowest BCUT2D eigenvalue weighted by Crippen LogP contribution is -2.22. The Morgan fingerprint density at radius 2 is 1.96 bits per heavy atom. The number of fused-ring (bicyclic) bond motifs is 1. The third kappa shape index (κ3) is 4.46. The van der Waals surface area contributed by atoms with Crippen LogP contribution < -0.4 is 5.56 Å². The van der Waals surface area contributed by atoms with E-state index in [0.717, 1.165) is 53.1 Å². The SMILES string of the molecule is CCCCSc1c2c(=O)n(C)nc(CC(C)C)c2cn1Cc1ccccc1.[HH]. The van der Waals surface area contributed by atoms with Crippen LogP contribution in [0.1, 0.15) is 46.3 Å². The molecule has 0 bridgehead atoms. The molecule has 146 valence electrons. The van der Waals surface area contributed by atoms with Crippen molar-refractivity contribution in [3.8, 4) is 0 Å². The van der Waals surface area contributed by atoms with Gasteiger partial charge in [0, 0.05) is 26.6 Å². The monoisotopic (exact) mass is 385 g/mol. The minimum absolute atomic E-state index is 0. The molecule has 2 aromatic heterocycles. The summed E-state index contributed by atoms with van der Waals surface area (Å²) in [5.74, 6) is 1.52. The Morgan fingerprint density at radius 3 is 2.63 bits per heavy atom. The topological polar surface area (TPSA) is 39.8 Å². The van der Waals surface area contributed by atoms with Gasteiger partial charge in [-0.05, 0) is 30.1 Å². The van der Waals surface area contributed by atoms with Gasteiger partial charge in [-0.3, -0.25) is 4.79 Å². The first-order valence-electron chi connectivity index (χ1n) is 9.77. The van der Waals surface area contributed by atoms with Gasteiger partial charge >= 0.3 is 0 Å². The number of thioether (sulfide) groups is 1. The minimum Gasteiger partial charge on any atom is -0.337 e. The molecule has 0 radical (unpaired) electrons. The summed E-state index contributed by atoms with van der Waals surface area (Å²) in [6.07, 6.45) is 5.32. The predicted molar refractivity (Wildman–Crippen MR) is 117 cm³/mol. The van der Waals surface area contributed by atoms with E-state index in [9.17, 15) is 4.79 Å². The average Bonchev–Trinajstić information content (AvgIpc) is 2.99. The lowest BCUT2D eigenvalue weighted by atomic mass is 10.1. The van der Waals surface area contributed by atoms with Gasteiger partial charge in [-0.15, -0.1) is 11.8 Å². The standard InChI is InChI=1S/C22H29N3OS.H2/c1-5-6-12-27-22-20-18(15-25(22)14-17-10-8-7-9-11-17)19(13-16(2)3)23-24(4)21(20)26;/h7-11,15-16H,5-6,12-14H2,1-4H3;1H. The van der Waals surface area contributed by atoms with Gasteiger partial charge in [0.15, 0.2) is 0 Å². The highest BCUT2D eigenvalue weighted by atomic mass is 32.2. The second-order valence-corrected chi connectivity index (χ2v) is 8.60. The zero-order valence-corrected chi connectivity index (χ0v) is 17.6. The van der Waals surface area contributed by atoms with Crippen LogP contribution in [-0.4, -0.2) is 20.1 Å². The van der Waals surface area contributed by atoms with Crippen molar-refractivity contribution in [1.82, 2.24) is 14.3 Å². The first kappa shape index (κ1) is 19.7. The summed E-state index contributed by atoms with van der Waals surface area (Å²) in [7, 11) is 1.76. The van der Waals surface area contributed by atoms with Crippen LogP contribution in [0.3, 0.4) is 0 Å². The molecular formula is C22H31N3OS. The van der Waals surface area contributed by atoms with Crippen molar-refractivity contribution in [3.63, 3.8) is 0 Å². The van der Waals surface area contributed by atoms with Crippen LogP contribution in [0.4, 0.5) is 0 Å². The molecule has 0 saturated carbocycles. The number of rotatable bonds is 8. The highest BCUT2D eigenvalue weighted by molar-refractivity contribution is 7.99. The smallest absolute Gasteiger partial charge is 0.277 e. The lowest BCUT2D eigenvalue weighted by molar-refractivity contribution is 0.605. The number of aromatic nitrogens is 3. The Labute approximate surface area is 167 Å². The Kier molecular flexibility index (Phi) is 6.42. The third-order valence-electron chi connectivity index (χ3n) is 4.65. The largest absolute Gasteiger partial charge is 0.337 e. The molecule has 3 aromatic rings. The predicted octanol–water partition coefficient (Wildman–Crippen LogP) is 5.12. The summed E-state index contributed by atoms with van der Waals surface area (Å²) in [5.41, 5.74) is 2.26. The Balaban J connectivity index is 0.00000280. The second-order valence-electron chi connectivity index (χ2n) is 7.51. The normalized spacial score (nSPS) is 11.6. The number of hydrogen-bond donors (Lipinski definition) is 0. The Bertz CT molecular complexity index is 963. The molecule has 0 saturated heterocycles. The van der Waals surface area contributed by atoms with Gasteiger partial charge in [-0.1, -0.05) is 57.5 Å². The summed E-state index contributed by atoms with van der Waals surface area (Å²) in [6.45, 7) is 7.35. The first-order valence-corrected chi connectivity index (χ1v) is 10.8. The van der Waals surface area contributed by atoms with E-state index >= 15 is 0 Å². The fourth-order valence-corrected chi connectivity index (χ4v) is 4.56. The first-order chi connectivity index (χ1) is 13.0. The molecule has 0 N–H and O–H groups in total. The molecule has 0 atom stereocenters. The lowest BCUT2D eigenvalue weighted by Gasteiger charge is -2.10. The number of unbranched alkanes of at least 4 members (excludes halogenated alkanes) is 1. The molecule has 0 aliphatic carbocycles. The summed E-state index contributed by atoms with van der Waals surface area (Å²) in [6, 6.07) is 10.4. The molecule has 0 aliphatic rings. The van der Waals surface area contributed by atoms with E-state index in [2.05, 4.69) is 60.9 Å². The highest BCUT2D eigenvalue weighted by Gasteiger charge is 2.19. The van der Waals surface area contributed by atoms with Crippen molar-refractivity contribution in [2.75, 3.05) is 5.75 Å². The van der Waals surface area contributed by atoms with Crippen LogP contribution >= 0.6 is 11.8 Å². The summed E-state index contributed by atoms with van der Waals surface area (Å²) in [5, 5.41) is 7.51. The number of nitrogens with zero attached hydrogens (tertiary/aromatic N) is 3. The molecule has 27 heavy (non-hydrogen) atoms. The average molecular weight is 386 g/mol. The molecule has 0 unspecified atom stereocenters. The molecule has 0 spiro atoms. The van der Waals surface area contributed by atoms with E-state index in [1.807, 2.05) is 6.07 Å². The van der Waals surface area contributed by atoms with E-state index in [1.165, 1.54) is 10.2 Å². The number of aryl methyl sites for hydroxylation is 1. The second kappa shape index (κ2) is 8.79. The molecule has 0 amide bonds. The fourth-order valence-electron chi connectivity index (χ4n) is 3.31. The van der Waals surface area contributed by atoms with Gasteiger partial charge in [0.25, 0.3) is 5.56 Å². The van der Waals surface area contributed by atoms with Gasteiger partial charge < -0.3 is 4.57 Å². The number of hydrogen-bond acceptors (Lipinski definition) is 3. The zero-order chi connectivity index (χ0) is 19.4. The highest BCUT2D eigenvalue weighted by Crippen LogP contribution is 2.31. The third-order valence-corrected chi connectivity index (χ3v) is 5.86. The van der Waals surface area contributed by atoms with Gasteiger partial charge in [-0.2, -0.15) is 5.10 Å². The quantitative estimate of drug-likeness (QED) is 0.399. The van der Waals surface area contributed by atoms with Crippen molar-refractivity contribution in [2.24, 2.45) is 13.0 Å². The van der Waals surface area contributed by atoms with E-state index < -0.39 is 0 Å². The summed E-state index contributed by atoms with van der Waals surface area (Å²) >= 11 is 1.80. The summed E-state index contributed by atoms with van der Waals surface area (Å²) < 4.78 is 3.75. The van der Waals surface area contributed by atoms with Crippen molar-refractivity contribution in [3.05, 3.63) is 58.1 Å². The van der Waals surface area contributed by atoms with Gasteiger partial charge in [0.05, 0.1) is 16.1 Å². The Hall–Kier alpha value is -2.01. The maximum absolute atomic E-state index is 13.0. The van der Waals surface area contributed by atoms with Crippen molar-refractivity contribution >= 4 is 22.5 Å². The maximum atomic E-state index is 13.0. The van der Waals surface area contributed by atoms with E-state index in [0.29, 0.717) is 5.92 Å². The van der Waals surface area contributed by atoms with Crippen LogP contribution in [0.5, 0.6) is 0 Å². The van der Waals surface area contributed by atoms with E-state index in [-0.39, 0.29) is 6.99 Å². The molecular weight excluding hydrogens is 354 g/mol.